The molecule has 0 aliphatic rings. The number of aromatic nitrogens is 2. The number of nitriles is 1. The molecule has 0 unspecified atom stereocenters. The van der Waals surface area contributed by atoms with Gasteiger partial charge in [0, 0.05) is 26.6 Å². The Bertz CT molecular complexity index is 816. The molecule has 2 aromatic rings. The van der Waals surface area contributed by atoms with Crippen LogP contribution in [0, 0.1) is 25.2 Å². The molecule has 0 aliphatic carbocycles. The van der Waals surface area contributed by atoms with E-state index in [0.29, 0.717) is 17.1 Å². The maximum atomic E-state index is 11.9. The summed E-state index contributed by atoms with van der Waals surface area (Å²) in [6, 6.07) is 5.39. The lowest BCUT2D eigenvalue weighted by Crippen LogP contribution is -2.21. The number of ether oxygens (including phenoxy) is 1. The van der Waals surface area contributed by atoms with Crippen LogP contribution < -0.4 is 0 Å². The van der Waals surface area contributed by atoms with E-state index < -0.39 is 5.97 Å². The second kappa shape index (κ2) is 8.64. The number of aryl methyl sites for hydroxylation is 2. The number of aromatic amines is 1. The second-order valence-electron chi connectivity index (χ2n) is 5.54. The molecule has 1 aromatic carbocycles. The number of hydrogen-bond donors (Lipinski definition) is 1. The van der Waals surface area contributed by atoms with Crippen LogP contribution in [0.4, 0.5) is 0 Å². The fraction of sp³-hybridized carbons (Fsp3) is 0.333. The molecule has 7 heteroatoms. The summed E-state index contributed by atoms with van der Waals surface area (Å²) in [6.45, 7) is 5.21. The number of nitrogens with zero attached hydrogens (tertiary/aromatic N) is 3. The van der Waals surface area contributed by atoms with Crippen molar-refractivity contribution in [3.05, 3.63) is 40.7 Å². The molecule has 2 rings (SSSR count). The van der Waals surface area contributed by atoms with Gasteiger partial charge < -0.3 is 14.6 Å². The molecule has 7 nitrogen and oxygen atoms in total. The fourth-order valence-electron chi connectivity index (χ4n) is 2.24. The number of carbonyl (C=O) groups excluding carboxylic acids is 2. The van der Waals surface area contributed by atoms with E-state index >= 15 is 0 Å². The minimum absolute atomic E-state index is 0.156. The Balaban J connectivity index is 0.000000970. The summed E-state index contributed by atoms with van der Waals surface area (Å²) in [5.41, 5.74) is 3.45. The van der Waals surface area contributed by atoms with E-state index in [-0.39, 0.29) is 5.91 Å². The Kier molecular flexibility index (Phi) is 6.88. The van der Waals surface area contributed by atoms with Gasteiger partial charge in [0.15, 0.2) is 0 Å². The first-order chi connectivity index (χ1) is 11.8. The van der Waals surface area contributed by atoms with Gasteiger partial charge in [0.25, 0.3) is 5.91 Å². The summed E-state index contributed by atoms with van der Waals surface area (Å²) in [7, 11) is 4.70. The molecule has 0 saturated heterocycles. The van der Waals surface area contributed by atoms with Crippen molar-refractivity contribution >= 4 is 11.9 Å². The predicted molar refractivity (Wildman–Crippen MR) is 94.1 cm³/mol. The van der Waals surface area contributed by atoms with Crippen molar-refractivity contribution in [3.8, 4) is 17.5 Å². The standard InChI is InChI=1S/C16H19N3O3.C2H3N/c1-9-6-10(2)12(16(21)22-5)7-11(9)14-17-8-13(18-14)15(20)19(3)4;1-2-3/h6-8H,1-5H3,(H,17,18);1H3. The molecule has 25 heavy (non-hydrogen) atoms. The number of nitrogens with one attached hydrogen (secondary N) is 1. The Morgan fingerprint density at radius 2 is 1.84 bits per heavy atom. The van der Waals surface area contributed by atoms with E-state index in [1.54, 1.807) is 26.2 Å². The lowest BCUT2D eigenvalue weighted by Gasteiger charge is -2.10. The number of carbonyl (C=O) groups is 2. The molecule has 1 amide bonds. The lowest BCUT2D eigenvalue weighted by molar-refractivity contribution is 0.0599. The first-order valence-corrected chi connectivity index (χ1v) is 7.54. The van der Waals surface area contributed by atoms with Crippen molar-refractivity contribution < 1.29 is 14.3 Å². The summed E-state index contributed by atoms with van der Waals surface area (Å²) in [5, 5.41) is 7.32. The van der Waals surface area contributed by atoms with Crippen molar-refractivity contribution in [2.75, 3.05) is 21.2 Å². The number of benzene rings is 1. The van der Waals surface area contributed by atoms with Crippen LogP contribution in [0.15, 0.2) is 18.3 Å². The van der Waals surface area contributed by atoms with Crippen LogP contribution in [0.5, 0.6) is 0 Å². The number of rotatable bonds is 3. The zero-order valence-electron chi connectivity index (χ0n) is 15.3. The maximum absolute atomic E-state index is 11.9. The monoisotopic (exact) mass is 342 g/mol. The average Bonchev–Trinajstić information content (AvgIpc) is 3.03. The number of amides is 1. The SMILES string of the molecule is CC#N.COC(=O)c1cc(-c2ncc(C(=O)N(C)C)[nH]2)c(C)cc1C. The van der Waals surface area contributed by atoms with Crippen LogP contribution in [0.25, 0.3) is 11.4 Å². The van der Waals surface area contributed by atoms with Gasteiger partial charge >= 0.3 is 5.97 Å². The smallest absolute Gasteiger partial charge is 0.338 e. The van der Waals surface area contributed by atoms with Crippen LogP contribution >= 0.6 is 0 Å². The van der Waals surface area contributed by atoms with E-state index in [0.717, 1.165) is 16.7 Å². The van der Waals surface area contributed by atoms with Crippen molar-refractivity contribution in [2.24, 2.45) is 0 Å². The number of H-pyrrole nitrogens is 1. The molecule has 132 valence electrons. The molecule has 0 fully saturated rings. The van der Waals surface area contributed by atoms with Crippen LogP contribution in [0.1, 0.15) is 38.9 Å². The Labute approximate surface area is 147 Å². The van der Waals surface area contributed by atoms with Gasteiger partial charge in [0.1, 0.15) is 11.5 Å². The third kappa shape index (κ3) is 4.67. The molecule has 1 heterocycles. The van der Waals surface area contributed by atoms with Crippen molar-refractivity contribution in [1.82, 2.24) is 14.9 Å². The number of hydrogen-bond acceptors (Lipinski definition) is 5. The third-order valence-corrected chi connectivity index (χ3v) is 3.44. The Morgan fingerprint density at radius 1 is 1.24 bits per heavy atom. The molecule has 0 spiro atoms. The van der Waals surface area contributed by atoms with Gasteiger partial charge in [0.05, 0.1) is 24.9 Å². The largest absolute Gasteiger partial charge is 0.465 e. The minimum Gasteiger partial charge on any atom is -0.465 e. The zero-order valence-corrected chi connectivity index (χ0v) is 15.3. The van der Waals surface area contributed by atoms with Crippen LogP contribution in [0.2, 0.25) is 0 Å². The van der Waals surface area contributed by atoms with E-state index in [4.69, 9.17) is 10.00 Å². The molecule has 1 N–H and O–H groups in total. The quantitative estimate of drug-likeness (QED) is 0.865. The predicted octanol–water partition coefficient (Wildman–Crippen LogP) is 2.71. The molecule has 0 bridgehead atoms. The maximum Gasteiger partial charge on any atom is 0.338 e. The molecular weight excluding hydrogens is 320 g/mol. The average molecular weight is 342 g/mol. The third-order valence-electron chi connectivity index (χ3n) is 3.44. The minimum atomic E-state index is -0.394. The normalized spacial score (nSPS) is 9.48. The highest BCUT2D eigenvalue weighted by molar-refractivity contribution is 5.94. The van der Waals surface area contributed by atoms with E-state index in [2.05, 4.69) is 9.97 Å². The Hall–Kier alpha value is -3.14. The van der Waals surface area contributed by atoms with Crippen molar-refractivity contribution in [1.29, 1.82) is 5.26 Å². The van der Waals surface area contributed by atoms with Gasteiger partial charge in [0.2, 0.25) is 0 Å². The molecule has 0 atom stereocenters. The van der Waals surface area contributed by atoms with Gasteiger partial charge in [-0.15, -0.1) is 0 Å². The van der Waals surface area contributed by atoms with Crippen molar-refractivity contribution in [2.45, 2.75) is 20.8 Å². The summed E-state index contributed by atoms with van der Waals surface area (Å²) < 4.78 is 4.79. The van der Waals surface area contributed by atoms with Crippen LogP contribution in [-0.2, 0) is 4.74 Å². The number of methoxy groups -OCH3 is 1. The highest BCUT2D eigenvalue weighted by Crippen LogP contribution is 2.25. The second-order valence-corrected chi connectivity index (χ2v) is 5.54. The van der Waals surface area contributed by atoms with Gasteiger partial charge in [-0.3, -0.25) is 4.79 Å². The van der Waals surface area contributed by atoms with Crippen molar-refractivity contribution in [3.63, 3.8) is 0 Å². The zero-order chi connectivity index (χ0) is 19.1. The van der Waals surface area contributed by atoms with Crippen LogP contribution in [-0.4, -0.2) is 47.9 Å². The summed E-state index contributed by atoms with van der Waals surface area (Å²) >= 11 is 0. The topological polar surface area (TPSA) is 99.1 Å². The molecule has 0 aliphatic heterocycles. The highest BCUT2D eigenvalue weighted by Gasteiger charge is 2.17. The van der Waals surface area contributed by atoms with Gasteiger partial charge in [-0.05, 0) is 31.0 Å². The van der Waals surface area contributed by atoms with E-state index in [1.165, 1.54) is 25.1 Å². The molecular formula is C18H22N4O3. The summed E-state index contributed by atoms with van der Waals surface area (Å²) in [4.78, 5) is 32.5. The Morgan fingerprint density at radius 3 is 2.36 bits per heavy atom. The molecule has 0 saturated carbocycles. The first-order valence-electron chi connectivity index (χ1n) is 7.54. The highest BCUT2D eigenvalue weighted by atomic mass is 16.5. The molecule has 1 aromatic heterocycles. The number of imidazole rings is 1. The summed E-state index contributed by atoms with van der Waals surface area (Å²) in [6.07, 6.45) is 1.49. The van der Waals surface area contributed by atoms with E-state index in [1.807, 2.05) is 19.9 Å². The number of esters is 1. The lowest BCUT2D eigenvalue weighted by atomic mass is 9.99. The molecule has 0 radical (unpaired) electrons. The van der Waals surface area contributed by atoms with E-state index in [9.17, 15) is 9.59 Å². The van der Waals surface area contributed by atoms with Crippen LogP contribution in [0.3, 0.4) is 0 Å². The first kappa shape index (κ1) is 19.9. The van der Waals surface area contributed by atoms with Gasteiger partial charge in [-0.1, -0.05) is 6.07 Å². The van der Waals surface area contributed by atoms with Gasteiger partial charge in [-0.2, -0.15) is 5.26 Å². The van der Waals surface area contributed by atoms with Gasteiger partial charge in [-0.25, -0.2) is 9.78 Å². The summed E-state index contributed by atoms with van der Waals surface area (Å²) in [5.74, 6) is -0.000503. The fourth-order valence-corrected chi connectivity index (χ4v) is 2.24.